The van der Waals surface area contributed by atoms with Gasteiger partial charge in [-0.05, 0) is 18.2 Å². The molecule has 0 aliphatic rings. The summed E-state index contributed by atoms with van der Waals surface area (Å²) in [6.45, 7) is -0.741. The van der Waals surface area contributed by atoms with Gasteiger partial charge in [0.05, 0.1) is 5.52 Å². The van der Waals surface area contributed by atoms with Crippen LogP contribution in [-0.2, 0) is 0 Å². The van der Waals surface area contributed by atoms with Crippen LogP contribution in [0.1, 0.15) is 0 Å². The zero-order valence-corrected chi connectivity index (χ0v) is 11.6. The van der Waals surface area contributed by atoms with Gasteiger partial charge in [0.2, 0.25) is 0 Å². The van der Waals surface area contributed by atoms with E-state index in [1.807, 2.05) is 18.2 Å². The lowest BCUT2D eigenvalue weighted by Gasteiger charge is -2.24. The number of rotatable bonds is 4. The lowest BCUT2D eigenvalue weighted by Crippen LogP contribution is -2.36. The van der Waals surface area contributed by atoms with Crippen molar-refractivity contribution in [3.63, 3.8) is 0 Å². The molecule has 2 rings (SSSR count). The van der Waals surface area contributed by atoms with E-state index >= 15 is 0 Å². The molecular weight excluding hydrogens is 321 g/mol. The van der Waals surface area contributed by atoms with Gasteiger partial charge < -0.3 is 4.90 Å². The van der Waals surface area contributed by atoms with Crippen LogP contribution in [0.5, 0.6) is 0 Å². The number of hydrogen-bond donors (Lipinski definition) is 0. The summed E-state index contributed by atoms with van der Waals surface area (Å²) >= 11 is 3.17. The van der Waals surface area contributed by atoms with Crippen molar-refractivity contribution in [1.82, 2.24) is 4.98 Å². The number of pyridine rings is 1. The maximum Gasteiger partial charge on any atom is 0.405 e. The molecule has 0 atom stereocenters. The van der Waals surface area contributed by atoms with E-state index in [0.717, 1.165) is 5.39 Å². The van der Waals surface area contributed by atoms with Crippen LogP contribution in [0.15, 0.2) is 36.4 Å². The molecule has 1 aromatic carbocycles. The Bertz CT molecular complexity index is 557. The first-order chi connectivity index (χ1) is 8.99. The number of halogens is 4. The topological polar surface area (TPSA) is 16.1 Å². The average molecular weight is 333 g/mol. The minimum absolute atomic E-state index is 0.255. The normalized spacial score (nSPS) is 11.8. The zero-order valence-electron chi connectivity index (χ0n) is 9.99. The smallest absolute Gasteiger partial charge is 0.347 e. The van der Waals surface area contributed by atoms with Crippen LogP contribution in [0.25, 0.3) is 10.9 Å². The van der Waals surface area contributed by atoms with Crippen molar-refractivity contribution in [2.24, 2.45) is 0 Å². The van der Waals surface area contributed by atoms with E-state index < -0.39 is 12.7 Å². The molecule has 0 N–H and O–H groups in total. The fourth-order valence-corrected chi connectivity index (χ4v) is 2.25. The van der Waals surface area contributed by atoms with Crippen molar-refractivity contribution in [1.29, 1.82) is 0 Å². The number of anilines is 1. The molecule has 1 heterocycles. The number of alkyl halides is 4. The molecule has 6 heteroatoms. The minimum Gasteiger partial charge on any atom is -0.347 e. The minimum atomic E-state index is -4.24. The third kappa shape index (κ3) is 3.83. The van der Waals surface area contributed by atoms with Crippen molar-refractivity contribution in [2.45, 2.75) is 6.18 Å². The number of para-hydroxylation sites is 1. The molecule has 1 aromatic heterocycles. The first kappa shape index (κ1) is 14.1. The first-order valence-corrected chi connectivity index (χ1v) is 6.85. The Hall–Kier alpha value is -1.30. The van der Waals surface area contributed by atoms with Crippen molar-refractivity contribution < 1.29 is 13.2 Å². The lowest BCUT2D eigenvalue weighted by atomic mass is 10.2. The van der Waals surface area contributed by atoms with Crippen LogP contribution in [-0.4, -0.2) is 29.6 Å². The SMILES string of the molecule is FC(F)(F)CN(CCBr)c1ccc2ccccc2n1. The summed E-state index contributed by atoms with van der Waals surface area (Å²) < 4.78 is 37.6. The molecule has 102 valence electrons. The van der Waals surface area contributed by atoms with Gasteiger partial charge in [0.25, 0.3) is 0 Å². The summed E-state index contributed by atoms with van der Waals surface area (Å²) in [6, 6.07) is 10.8. The lowest BCUT2D eigenvalue weighted by molar-refractivity contribution is -0.119. The summed E-state index contributed by atoms with van der Waals surface area (Å²) in [6.07, 6.45) is -4.24. The molecule has 0 aliphatic heterocycles. The van der Waals surface area contributed by atoms with E-state index in [-0.39, 0.29) is 6.54 Å². The van der Waals surface area contributed by atoms with Gasteiger partial charge in [-0.15, -0.1) is 0 Å². The summed E-state index contributed by atoms with van der Waals surface area (Å²) in [5.74, 6) is 0.343. The molecule has 0 bridgehead atoms. The number of benzene rings is 1. The fourth-order valence-electron chi connectivity index (χ4n) is 1.82. The van der Waals surface area contributed by atoms with Gasteiger partial charge >= 0.3 is 6.18 Å². The monoisotopic (exact) mass is 332 g/mol. The van der Waals surface area contributed by atoms with Gasteiger partial charge in [-0.2, -0.15) is 13.2 Å². The molecule has 0 fully saturated rings. The predicted octanol–water partition coefficient (Wildman–Crippen LogP) is 4.00. The number of nitrogens with zero attached hydrogens (tertiary/aromatic N) is 2. The van der Waals surface area contributed by atoms with Gasteiger partial charge in [0, 0.05) is 17.3 Å². The second-order valence-corrected chi connectivity index (χ2v) is 4.88. The van der Waals surface area contributed by atoms with Gasteiger partial charge in [0.1, 0.15) is 12.4 Å². The number of aromatic nitrogens is 1. The zero-order chi connectivity index (χ0) is 13.9. The van der Waals surface area contributed by atoms with E-state index in [1.165, 1.54) is 4.90 Å². The molecule has 2 nitrogen and oxygen atoms in total. The van der Waals surface area contributed by atoms with Gasteiger partial charge in [-0.25, -0.2) is 4.98 Å². The molecular formula is C13H12BrF3N2. The highest BCUT2D eigenvalue weighted by molar-refractivity contribution is 9.09. The second kappa shape index (κ2) is 5.77. The molecule has 0 radical (unpaired) electrons. The highest BCUT2D eigenvalue weighted by Crippen LogP contribution is 2.23. The highest BCUT2D eigenvalue weighted by atomic mass is 79.9. The van der Waals surface area contributed by atoms with Crippen LogP contribution >= 0.6 is 15.9 Å². The Morgan fingerprint density at radius 1 is 1.11 bits per heavy atom. The molecule has 2 aromatic rings. The molecule has 0 saturated carbocycles. The van der Waals surface area contributed by atoms with Gasteiger partial charge in [0.15, 0.2) is 0 Å². The Morgan fingerprint density at radius 3 is 2.53 bits per heavy atom. The molecule has 19 heavy (non-hydrogen) atoms. The van der Waals surface area contributed by atoms with Gasteiger partial charge in [-0.1, -0.05) is 34.1 Å². The van der Waals surface area contributed by atoms with Crippen molar-refractivity contribution >= 4 is 32.7 Å². The van der Waals surface area contributed by atoms with Gasteiger partial charge in [-0.3, -0.25) is 0 Å². The standard InChI is InChI=1S/C13H12BrF3N2/c14-7-8-19(9-13(15,16)17)12-6-5-10-3-1-2-4-11(10)18-12/h1-6H,7-9H2. The molecule has 0 spiro atoms. The van der Waals surface area contributed by atoms with Crippen LogP contribution in [0.3, 0.4) is 0 Å². The van der Waals surface area contributed by atoms with Crippen LogP contribution in [0.4, 0.5) is 19.0 Å². The third-order valence-corrected chi connectivity index (χ3v) is 2.99. The first-order valence-electron chi connectivity index (χ1n) is 5.73. The third-order valence-electron chi connectivity index (χ3n) is 2.63. The summed E-state index contributed by atoms with van der Waals surface area (Å²) in [5, 5.41) is 1.37. The van der Waals surface area contributed by atoms with Crippen molar-refractivity contribution in [3.8, 4) is 0 Å². The quantitative estimate of drug-likeness (QED) is 0.787. The van der Waals surface area contributed by atoms with E-state index in [1.54, 1.807) is 18.2 Å². The largest absolute Gasteiger partial charge is 0.405 e. The van der Waals surface area contributed by atoms with E-state index in [9.17, 15) is 13.2 Å². The predicted molar refractivity (Wildman–Crippen MR) is 73.8 cm³/mol. The van der Waals surface area contributed by atoms with E-state index in [0.29, 0.717) is 16.7 Å². The Balaban J connectivity index is 2.33. The Morgan fingerprint density at radius 2 is 1.84 bits per heavy atom. The van der Waals surface area contributed by atoms with Crippen molar-refractivity contribution in [2.75, 3.05) is 23.3 Å². The number of fused-ring (bicyclic) bond motifs is 1. The number of hydrogen-bond acceptors (Lipinski definition) is 2. The molecule has 0 saturated heterocycles. The summed E-state index contributed by atoms with van der Waals surface area (Å²) in [5.41, 5.74) is 0.696. The fraction of sp³-hybridized carbons (Fsp3) is 0.308. The maximum atomic E-state index is 12.5. The average Bonchev–Trinajstić information content (AvgIpc) is 2.36. The van der Waals surface area contributed by atoms with Crippen molar-refractivity contribution in [3.05, 3.63) is 36.4 Å². The molecule has 0 unspecified atom stereocenters. The summed E-state index contributed by atoms with van der Waals surface area (Å²) in [4.78, 5) is 5.51. The van der Waals surface area contributed by atoms with Crippen LogP contribution < -0.4 is 4.90 Å². The van der Waals surface area contributed by atoms with Crippen LogP contribution in [0, 0.1) is 0 Å². The Kier molecular flexibility index (Phi) is 4.29. The van der Waals surface area contributed by atoms with E-state index in [4.69, 9.17) is 0 Å². The Labute approximate surface area is 117 Å². The maximum absolute atomic E-state index is 12.5. The van der Waals surface area contributed by atoms with Crippen LogP contribution in [0.2, 0.25) is 0 Å². The highest BCUT2D eigenvalue weighted by Gasteiger charge is 2.31. The molecule has 0 amide bonds. The molecule has 0 aliphatic carbocycles. The van der Waals surface area contributed by atoms with E-state index in [2.05, 4.69) is 20.9 Å². The second-order valence-electron chi connectivity index (χ2n) is 4.09. The summed E-state index contributed by atoms with van der Waals surface area (Å²) in [7, 11) is 0.